The zero-order valence-electron chi connectivity index (χ0n) is 17.9. The fourth-order valence-corrected chi connectivity index (χ4v) is 4.30. The molecule has 6 nitrogen and oxygen atoms in total. The topological polar surface area (TPSA) is 83.7 Å². The number of anilines is 1. The van der Waals surface area contributed by atoms with Crippen molar-refractivity contribution in [3.8, 4) is 0 Å². The van der Waals surface area contributed by atoms with E-state index in [4.69, 9.17) is 4.42 Å². The van der Waals surface area contributed by atoms with Gasteiger partial charge in [-0.1, -0.05) is 24.3 Å². The van der Waals surface area contributed by atoms with Crippen molar-refractivity contribution in [2.45, 2.75) is 32.4 Å². The molecule has 0 spiro atoms. The van der Waals surface area contributed by atoms with E-state index in [1.807, 2.05) is 0 Å². The number of carbonyl (C=O) groups is 2. The average Bonchev–Trinajstić information content (AvgIpc) is 3.14. The maximum Gasteiger partial charge on any atom is 0.418 e. The summed E-state index contributed by atoms with van der Waals surface area (Å²) in [5.41, 5.74) is 3.22. The van der Waals surface area contributed by atoms with Gasteiger partial charge in [0.05, 0.1) is 22.5 Å². The van der Waals surface area contributed by atoms with Crippen LogP contribution in [-0.2, 0) is 12.6 Å². The molecule has 3 aromatic rings. The molecule has 176 valence electrons. The number of hydrazone groups is 1. The van der Waals surface area contributed by atoms with Crippen molar-refractivity contribution in [1.82, 2.24) is 5.43 Å². The summed E-state index contributed by atoms with van der Waals surface area (Å²) in [4.78, 5) is 25.3. The molecule has 0 aliphatic heterocycles. The van der Waals surface area contributed by atoms with Crippen LogP contribution in [0.5, 0.6) is 0 Å². The van der Waals surface area contributed by atoms with E-state index in [2.05, 4.69) is 31.8 Å². The maximum absolute atomic E-state index is 13.3. The van der Waals surface area contributed by atoms with Gasteiger partial charge in [-0.2, -0.15) is 18.3 Å². The largest absolute Gasteiger partial charge is 0.455 e. The molecule has 0 atom stereocenters. The second-order valence-corrected chi connectivity index (χ2v) is 8.54. The number of aryl methyl sites for hydroxylation is 1. The molecule has 0 radical (unpaired) electrons. The number of para-hydroxylation sites is 1. The molecule has 0 saturated heterocycles. The molecule has 1 aliphatic rings. The van der Waals surface area contributed by atoms with Gasteiger partial charge in [-0.05, 0) is 60.0 Å². The van der Waals surface area contributed by atoms with E-state index in [1.54, 1.807) is 31.2 Å². The smallest absolute Gasteiger partial charge is 0.418 e. The predicted molar refractivity (Wildman–Crippen MR) is 124 cm³/mol. The van der Waals surface area contributed by atoms with Crippen LogP contribution >= 0.6 is 15.9 Å². The average molecular weight is 534 g/mol. The molecular formula is C24H19BrF3N3O3. The molecule has 0 bridgehead atoms. The van der Waals surface area contributed by atoms with Crippen molar-refractivity contribution < 1.29 is 27.2 Å². The number of rotatable bonds is 4. The Morgan fingerprint density at radius 1 is 1.03 bits per heavy atom. The highest BCUT2D eigenvalue weighted by molar-refractivity contribution is 9.10. The first-order valence-electron chi connectivity index (χ1n) is 10.4. The third-order valence-corrected chi connectivity index (χ3v) is 6.11. The molecule has 2 N–H and O–H groups in total. The summed E-state index contributed by atoms with van der Waals surface area (Å²) < 4.78 is 46.2. The fraction of sp³-hybridized carbons (Fsp3) is 0.208. The van der Waals surface area contributed by atoms with Gasteiger partial charge in [0.2, 0.25) is 0 Å². The quantitative estimate of drug-likeness (QED) is 0.398. The van der Waals surface area contributed by atoms with Crippen LogP contribution in [0.15, 0.2) is 62.5 Å². The van der Waals surface area contributed by atoms with Crippen LogP contribution in [0, 0.1) is 6.92 Å². The number of fused-ring (bicyclic) bond motifs is 1. The summed E-state index contributed by atoms with van der Waals surface area (Å²) >= 11 is 3.32. The van der Waals surface area contributed by atoms with E-state index >= 15 is 0 Å². The zero-order valence-corrected chi connectivity index (χ0v) is 19.5. The summed E-state index contributed by atoms with van der Waals surface area (Å²) in [6.45, 7) is 1.64. The van der Waals surface area contributed by atoms with Crippen molar-refractivity contribution in [2.75, 3.05) is 5.32 Å². The van der Waals surface area contributed by atoms with Crippen LogP contribution in [0.3, 0.4) is 0 Å². The van der Waals surface area contributed by atoms with E-state index in [1.165, 1.54) is 18.2 Å². The van der Waals surface area contributed by atoms with Crippen LogP contribution in [0.2, 0.25) is 0 Å². The first kappa shape index (κ1) is 23.7. The summed E-state index contributed by atoms with van der Waals surface area (Å²) in [6.07, 6.45) is -2.85. The normalized spacial score (nSPS) is 14.6. The summed E-state index contributed by atoms with van der Waals surface area (Å²) in [5.74, 6) is -0.782. The lowest BCUT2D eigenvalue weighted by Crippen LogP contribution is -2.22. The lowest BCUT2D eigenvalue weighted by molar-refractivity contribution is -0.136. The van der Waals surface area contributed by atoms with Crippen molar-refractivity contribution >= 4 is 39.1 Å². The molecule has 1 heterocycles. The molecule has 2 amide bonds. The van der Waals surface area contributed by atoms with Gasteiger partial charge in [0.25, 0.3) is 11.8 Å². The van der Waals surface area contributed by atoms with Gasteiger partial charge in [-0.15, -0.1) is 0 Å². The predicted octanol–water partition coefficient (Wildman–Crippen LogP) is 6.09. The van der Waals surface area contributed by atoms with Gasteiger partial charge in [-0.25, -0.2) is 5.43 Å². The van der Waals surface area contributed by atoms with E-state index in [-0.39, 0.29) is 11.4 Å². The highest BCUT2D eigenvalue weighted by atomic mass is 79.9. The molecule has 4 rings (SSSR count). The lowest BCUT2D eigenvalue weighted by atomic mass is 9.93. The van der Waals surface area contributed by atoms with Crippen molar-refractivity contribution in [3.63, 3.8) is 0 Å². The number of carbonyl (C=O) groups excluding carboxylic acids is 2. The SMILES string of the molecule is Cc1c(C(=O)Nc2ccccc2C(F)(F)F)oc2c1/C(=N/NC(=O)c1ccccc1Br)CCC2. The Hall–Kier alpha value is -3.40. The summed E-state index contributed by atoms with van der Waals surface area (Å²) in [5, 5.41) is 6.57. The van der Waals surface area contributed by atoms with Crippen molar-refractivity contribution in [2.24, 2.45) is 5.10 Å². The lowest BCUT2D eigenvalue weighted by Gasteiger charge is -2.13. The van der Waals surface area contributed by atoms with Gasteiger partial charge >= 0.3 is 6.18 Å². The van der Waals surface area contributed by atoms with Gasteiger partial charge < -0.3 is 9.73 Å². The molecule has 0 saturated carbocycles. The van der Waals surface area contributed by atoms with Crippen molar-refractivity contribution in [1.29, 1.82) is 0 Å². The Bertz CT molecular complexity index is 1300. The Kier molecular flexibility index (Phi) is 6.60. The van der Waals surface area contributed by atoms with Gasteiger partial charge in [0.1, 0.15) is 5.76 Å². The highest BCUT2D eigenvalue weighted by Crippen LogP contribution is 2.35. The number of benzene rings is 2. The highest BCUT2D eigenvalue weighted by Gasteiger charge is 2.34. The van der Waals surface area contributed by atoms with Gasteiger partial charge in [-0.3, -0.25) is 9.59 Å². The minimum absolute atomic E-state index is 0.0892. The van der Waals surface area contributed by atoms with Crippen LogP contribution < -0.4 is 10.7 Å². The van der Waals surface area contributed by atoms with E-state index in [0.717, 1.165) is 6.07 Å². The molecule has 0 unspecified atom stereocenters. The number of halogens is 4. The molecular weight excluding hydrogens is 515 g/mol. The standard InChI is InChI=1S/C24H19BrF3N3O3/c1-13-20-18(30-31-22(32)14-7-2-4-9-16(14)25)11-6-12-19(20)34-21(13)23(33)29-17-10-5-3-8-15(17)24(26,27)28/h2-5,7-10H,6,11-12H2,1H3,(H,29,33)(H,31,32)/b30-18+. The Morgan fingerprint density at radius 2 is 1.74 bits per heavy atom. The number of nitrogens with one attached hydrogen (secondary N) is 2. The first-order valence-corrected chi connectivity index (χ1v) is 11.2. The van der Waals surface area contributed by atoms with Crippen LogP contribution in [0.25, 0.3) is 0 Å². The van der Waals surface area contributed by atoms with E-state index in [9.17, 15) is 22.8 Å². The number of hydrogen-bond donors (Lipinski definition) is 2. The third kappa shape index (κ3) is 4.77. The fourth-order valence-electron chi connectivity index (χ4n) is 3.84. The minimum atomic E-state index is -4.62. The second-order valence-electron chi connectivity index (χ2n) is 7.68. The van der Waals surface area contributed by atoms with E-state index in [0.29, 0.717) is 51.9 Å². The first-order chi connectivity index (χ1) is 16.2. The third-order valence-electron chi connectivity index (χ3n) is 5.42. The summed E-state index contributed by atoms with van der Waals surface area (Å²) in [6, 6.07) is 11.6. The van der Waals surface area contributed by atoms with E-state index < -0.39 is 23.6 Å². The number of alkyl halides is 3. The molecule has 10 heteroatoms. The Labute approximate surface area is 201 Å². The Balaban J connectivity index is 1.60. The molecule has 1 aromatic heterocycles. The maximum atomic E-state index is 13.3. The van der Waals surface area contributed by atoms with Crippen molar-refractivity contribution in [3.05, 3.63) is 86.8 Å². The van der Waals surface area contributed by atoms with Crippen LogP contribution in [0.4, 0.5) is 18.9 Å². The molecule has 34 heavy (non-hydrogen) atoms. The zero-order chi connectivity index (χ0) is 24.5. The molecule has 1 aliphatic carbocycles. The molecule has 0 fully saturated rings. The number of furan rings is 1. The van der Waals surface area contributed by atoms with Gasteiger partial charge in [0, 0.05) is 22.0 Å². The second kappa shape index (κ2) is 9.46. The van der Waals surface area contributed by atoms with Gasteiger partial charge in [0.15, 0.2) is 5.76 Å². The monoisotopic (exact) mass is 533 g/mol. The molecule has 2 aromatic carbocycles. The van der Waals surface area contributed by atoms with Crippen LogP contribution in [-0.4, -0.2) is 17.5 Å². The Morgan fingerprint density at radius 3 is 2.47 bits per heavy atom. The number of hydrogen-bond acceptors (Lipinski definition) is 4. The number of amides is 2. The number of nitrogens with zero attached hydrogens (tertiary/aromatic N) is 1. The summed E-state index contributed by atoms with van der Waals surface area (Å²) in [7, 11) is 0. The minimum Gasteiger partial charge on any atom is -0.455 e. The van der Waals surface area contributed by atoms with Crippen LogP contribution in [0.1, 0.15) is 56.2 Å².